The molecular formula is C33H25FN6O3. The van der Waals surface area contributed by atoms with Gasteiger partial charge in [-0.15, -0.1) is 0 Å². The fourth-order valence-electron chi connectivity index (χ4n) is 5.03. The van der Waals surface area contributed by atoms with Crippen LogP contribution in [-0.2, 0) is 6.54 Å². The number of amides is 1. The number of anilines is 1. The number of imidazole rings is 1. The van der Waals surface area contributed by atoms with E-state index in [9.17, 15) is 9.18 Å². The van der Waals surface area contributed by atoms with Crippen molar-refractivity contribution in [3.05, 3.63) is 114 Å². The van der Waals surface area contributed by atoms with E-state index in [0.717, 1.165) is 22.5 Å². The van der Waals surface area contributed by atoms with E-state index in [2.05, 4.69) is 10.3 Å². The molecule has 0 radical (unpaired) electrons. The van der Waals surface area contributed by atoms with Crippen molar-refractivity contribution in [3.63, 3.8) is 0 Å². The number of rotatable bonds is 6. The monoisotopic (exact) mass is 572 g/mol. The standard InChI is InChI=1S/C33H25FN6O3/c34-23-4-1-3-22(17-23)33(41)37-19-20-6-9-24(10-7-20)40-31(25-5-2-14-36-30(25)35)39-27-12-11-26(38-32(27)40)21-8-13-28-29(18-21)43-16-15-42-28/h1-14,17-18H,15-16,19H2,(H2,35,36)(H,37,41). The van der Waals surface area contributed by atoms with E-state index in [0.29, 0.717) is 53.1 Å². The second-order valence-electron chi connectivity index (χ2n) is 9.96. The Labute approximate surface area is 245 Å². The molecule has 43 heavy (non-hydrogen) atoms. The molecule has 3 N–H and O–H groups in total. The summed E-state index contributed by atoms with van der Waals surface area (Å²) in [5.41, 5.74) is 11.8. The lowest BCUT2D eigenvalue weighted by Crippen LogP contribution is -2.22. The molecule has 6 aromatic rings. The Morgan fingerprint density at radius 1 is 0.907 bits per heavy atom. The second kappa shape index (κ2) is 10.9. The molecule has 0 bridgehead atoms. The number of aromatic nitrogens is 4. The molecule has 4 heterocycles. The molecule has 0 aliphatic carbocycles. The van der Waals surface area contributed by atoms with Gasteiger partial charge in [-0.3, -0.25) is 9.36 Å². The Bertz CT molecular complexity index is 1990. The average Bonchev–Trinajstić information content (AvgIpc) is 3.42. The van der Waals surface area contributed by atoms with Crippen molar-refractivity contribution < 1.29 is 18.7 Å². The van der Waals surface area contributed by atoms with Gasteiger partial charge in [0.15, 0.2) is 23.0 Å². The van der Waals surface area contributed by atoms with Crippen molar-refractivity contribution in [2.75, 3.05) is 18.9 Å². The fourth-order valence-corrected chi connectivity index (χ4v) is 5.03. The third-order valence-electron chi connectivity index (χ3n) is 7.16. The summed E-state index contributed by atoms with van der Waals surface area (Å²) >= 11 is 0. The van der Waals surface area contributed by atoms with E-state index in [1.807, 2.05) is 71.3 Å². The third kappa shape index (κ3) is 5.10. The molecule has 10 heteroatoms. The van der Waals surface area contributed by atoms with E-state index < -0.39 is 5.82 Å². The maximum Gasteiger partial charge on any atom is 0.251 e. The summed E-state index contributed by atoms with van der Waals surface area (Å²) in [4.78, 5) is 26.7. The summed E-state index contributed by atoms with van der Waals surface area (Å²) in [5, 5.41) is 2.84. The molecule has 3 aromatic heterocycles. The highest BCUT2D eigenvalue weighted by molar-refractivity contribution is 5.94. The van der Waals surface area contributed by atoms with Crippen LogP contribution in [0.2, 0.25) is 0 Å². The Balaban J connectivity index is 1.26. The Morgan fingerprint density at radius 3 is 2.56 bits per heavy atom. The van der Waals surface area contributed by atoms with Crippen molar-refractivity contribution >= 4 is 22.9 Å². The minimum atomic E-state index is -0.458. The average molecular weight is 573 g/mol. The Kier molecular flexibility index (Phi) is 6.63. The van der Waals surface area contributed by atoms with Crippen LogP contribution >= 0.6 is 0 Å². The van der Waals surface area contributed by atoms with Crippen molar-refractivity contribution in [1.82, 2.24) is 24.8 Å². The van der Waals surface area contributed by atoms with E-state index in [-0.39, 0.29) is 18.0 Å². The van der Waals surface area contributed by atoms with E-state index in [1.165, 1.54) is 18.2 Å². The summed E-state index contributed by atoms with van der Waals surface area (Å²) in [6.07, 6.45) is 1.64. The maximum absolute atomic E-state index is 13.5. The van der Waals surface area contributed by atoms with Gasteiger partial charge < -0.3 is 20.5 Å². The minimum absolute atomic E-state index is 0.264. The van der Waals surface area contributed by atoms with Crippen LogP contribution in [0.5, 0.6) is 11.5 Å². The van der Waals surface area contributed by atoms with Gasteiger partial charge in [-0.25, -0.2) is 19.3 Å². The zero-order valence-corrected chi connectivity index (χ0v) is 22.8. The van der Waals surface area contributed by atoms with Gasteiger partial charge >= 0.3 is 0 Å². The molecular weight excluding hydrogens is 547 g/mol. The first-order valence-corrected chi connectivity index (χ1v) is 13.7. The Hall–Kier alpha value is -5.77. The SMILES string of the molecule is Nc1ncccc1-c1nc2ccc(-c3ccc4c(c3)OCCO4)nc2n1-c1ccc(CNC(=O)c2cccc(F)c2)cc1. The molecule has 0 saturated carbocycles. The van der Waals surface area contributed by atoms with Crippen molar-refractivity contribution in [1.29, 1.82) is 0 Å². The number of nitrogen functional groups attached to an aromatic ring is 1. The number of hydrogen-bond donors (Lipinski definition) is 2. The lowest BCUT2D eigenvalue weighted by atomic mass is 10.1. The summed E-state index contributed by atoms with van der Waals surface area (Å²) in [6, 6.07) is 26.6. The highest BCUT2D eigenvalue weighted by Crippen LogP contribution is 2.36. The highest BCUT2D eigenvalue weighted by Gasteiger charge is 2.20. The molecule has 0 fully saturated rings. The quantitative estimate of drug-likeness (QED) is 0.268. The molecule has 7 rings (SSSR count). The molecule has 0 unspecified atom stereocenters. The summed E-state index contributed by atoms with van der Waals surface area (Å²) in [5.74, 6) is 1.53. The molecule has 1 aliphatic rings. The van der Waals surface area contributed by atoms with E-state index in [4.69, 9.17) is 25.2 Å². The summed E-state index contributed by atoms with van der Waals surface area (Å²) in [6.45, 7) is 1.29. The predicted molar refractivity (Wildman–Crippen MR) is 161 cm³/mol. The van der Waals surface area contributed by atoms with Crippen LogP contribution in [-0.4, -0.2) is 38.6 Å². The largest absolute Gasteiger partial charge is 0.486 e. The summed E-state index contributed by atoms with van der Waals surface area (Å²) < 4.78 is 26.9. The van der Waals surface area contributed by atoms with Gasteiger partial charge in [0.05, 0.1) is 11.3 Å². The normalized spacial score (nSPS) is 12.3. The lowest BCUT2D eigenvalue weighted by Gasteiger charge is -2.18. The number of fused-ring (bicyclic) bond motifs is 2. The summed E-state index contributed by atoms with van der Waals surface area (Å²) in [7, 11) is 0. The maximum atomic E-state index is 13.5. The van der Waals surface area contributed by atoms with E-state index in [1.54, 1.807) is 12.3 Å². The molecule has 212 valence electrons. The number of benzene rings is 3. The zero-order valence-electron chi connectivity index (χ0n) is 22.8. The smallest absolute Gasteiger partial charge is 0.251 e. The first kappa shape index (κ1) is 26.1. The van der Waals surface area contributed by atoms with Crippen LogP contribution in [0.1, 0.15) is 15.9 Å². The second-order valence-corrected chi connectivity index (χ2v) is 9.96. The van der Waals surface area contributed by atoms with Crippen molar-refractivity contribution in [3.8, 4) is 39.8 Å². The number of nitrogens with zero attached hydrogens (tertiary/aromatic N) is 4. The van der Waals surface area contributed by atoms with Gasteiger partial charge in [-0.05, 0) is 78.4 Å². The number of ether oxygens (including phenoxy) is 2. The molecule has 3 aromatic carbocycles. The first-order valence-electron chi connectivity index (χ1n) is 13.7. The van der Waals surface area contributed by atoms with Crippen LogP contribution in [0, 0.1) is 5.82 Å². The van der Waals surface area contributed by atoms with Crippen LogP contribution < -0.4 is 20.5 Å². The van der Waals surface area contributed by atoms with Crippen LogP contribution in [0.15, 0.2) is 97.2 Å². The molecule has 0 spiro atoms. The van der Waals surface area contributed by atoms with E-state index >= 15 is 0 Å². The van der Waals surface area contributed by atoms with Crippen LogP contribution in [0.3, 0.4) is 0 Å². The number of hydrogen-bond acceptors (Lipinski definition) is 7. The van der Waals surface area contributed by atoms with Gasteiger partial charge in [0.2, 0.25) is 0 Å². The molecule has 0 atom stereocenters. The number of halogens is 1. The van der Waals surface area contributed by atoms with Gasteiger partial charge in [-0.1, -0.05) is 18.2 Å². The fraction of sp³-hybridized carbons (Fsp3) is 0.0909. The molecule has 1 amide bonds. The van der Waals surface area contributed by atoms with Crippen molar-refractivity contribution in [2.45, 2.75) is 6.54 Å². The molecule has 1 aliphatic heterocycles. The number of carbonyl (C=O) groups is 1. The highest BCUT2D eigenvalue weighted by atomic mass is 19.1. The predicted octanol–water partition coefficient (Wildman–Crippen LogP) is 5.57. The molecule has 9 nitrogen and oxygen atoms in total. The zero-order chi connectivity index (χ0) is 29.3. The van der Waals surface area contributed by atoms with Gasteiger partial charge in [0.1, 0.15) is 30.4 Å². The van der Waals surface area contributed by atoms with Gasteiger partial charge in [0.25, 0.3) is 5.91 Å². The van der Waals surface area contributed by atoms with Crippen molar-refractivity contribution in [2.24, 2.45) is 0 Å². The van der Waals surface area contributed by atoms with Crippen LogP contribution in [0.4, 0.5) is 10.2 Å². The number of nitrogens with two attached hydrogens (primary N) is 1. The van der Waals surface area contributed by atoms with Crippen LogP contribution in [0.25, 0.3) is 39.5 Å². The minimum Gasteiger partial charge on any atom is -0.486 e. The molecule has 0 saturated heterocycles. The topological polar surface area (TPSA) is 117 Å². The Morgan fingerprint density at radius 2 is 1.74 bits per heavy atom. The number of nitrogens with one attached hydrogen (secondary N) is 1. The first-order chi connectivity index (χ1) is 21.0. The number of pyridine rings is 2. The third-order valence-corrected chi connectivity index (χ3v) is 7.16. The number of carbonyl (C=O) groups excluding carboxylic acids is 1. The van der Waals surface area contributed by atoms with Gasteiger partial charge in [0, 0.05) is 29.6 Å². The lowest BCUT2D eigenvalue weighted by molar-refractivity contribution is 0.0950. The van der Waals surface area contributed by atoms with Gasteiger partial charge in [-0.2, -0.15) is 0 Å².